The zero-order chi connectivity index (χ0) is 19.6. The summed E-state index contributed by atoms with van der Waals surface area (Å²) in [6.07, 6.45) is 1.16. The summed E-state index contributed by atoms with van der Waals surface area (Å²) in [4.78, 5) is 25.9. The second kappa shape index (κ2) is 7.49. The van der Waals surface area contributed by atoms with Gasteiger partial charge in [-0.15, -0.1) is 0 Å². The van der Waals surface area contributed by atoms with Gasteiger partial charge in [0.2, 0.25) is 15.9 Å². The van der Waals surface area contributed by atoms with Gasteiger partial charge in [-0.25, -0.2) is 13.1 Å². The molecule has 1 aliphatic heterocycles. The third kappa shape index (κ3) is 4.34. The average molecular weight is 391 g/mol. The lowest BCUT2D eigenvalue weighted by Crippen LogP contribution is -2.50. The van der Waals surface area contributed by atoms with Gasteiger partial charge in [-0.3, -0.25) is 9.59 Å². The summed E-state index contributed by atoms with van der Waals surface area (Å²) in [6.45, 7) is 2.47. The molecule has 27 heavy (non-hydrogen) atoms. The summed E-state index contributed by atoms with van der Waals surface area (Å²) in [5, 5.41) is 7.04. The monoisotopic (exact) mass is 391 g/mol. The predicted molar refractivity (Wildman–Crippen MR) is 100 cm³/mol. The molecule has 1 saturated heterocycles. The van der Waals surface area contributed by atoms with Crippen molar-refractivity contribution in [2.75, 3.05) is 37.8 Å². The van der Waals surface area contributed by atoms with Crippen molar-refractivity contribution in [3.8, 4) is 5.69 Å². The van der Waals surface area contributed by atoms with Crippen molar-refractivity contribution in [3.05, 3.63) is 42.1 Å². The van der Waals surface area contributed by atoms with E-state index >= 15 is 0 Å². The van der Waals surface area contributed by atoms with Crippen LogP contribution in [0.2, 0.25) is 0 Å². The van der Waals surface area contributed by atoms with Crippen LogP contribution in [0.1, 0.15) is 17.4 Å². The Hall–Kier alpha value is -2.72. The first-order valence-electron chi connectivity index (χ1n) is 8.43. The van der Waals surface area contributed by atoms with Crippen molar-refractivity contribution in [2.24, 2.45) is 0 Å². The van der Waals surface area contributed by atoms with Gasteiger partial charge in [0.25, 0.3) is 5.91 Å². The van der Waals surface area contributed by atoms with Crippen LogP contribution in [-0.2, 0) is 14.8 Å². The number of para-hydroxylation sites is 1. The molecule has 1 aliphatic rings. The minimum absolute atomic E-state index is 0.190. The molecule has 0 bridgehead atoms. The number of piperazine rings is 1. The summed E-state index contributed by atoms with van der Waals surface area (Å²) in [6, 6.07) is 10.7. The fourth-order valence-electron chi connectivity index (χ4n) is 2.91. The summed E-state index contributed by atoms with van der Waals surface area (Å²) in [5.74, 6) is -0.177. The third-order valence-corrected chi connectivity index (χ3v) is 5.53. The molecular weight excluding hydrogens is 370 g/mol. The zero-order valence-electron chi connectivity index (χ0n) is 15.1. The molecule has 2 aromatic rings. The van der Waals surface area contributed by atoms with Crippen LogP contribution in [0.3, 0.4) is 0 Å². The van der Waals surface area contributed by atoms with Gasteiger partial charge < -0.3 is 10.2 Å². The molecule has 0 aliphatic carbocycles. The van der Waals surface area contributed by atoms with Gasteiger partial charge in [0.1, 0.15) is 5.82 Å². The van der Waals surface area contributed by atoms with Crippen molar-refractivity contribution >= 4 is 27.7 Å². The number of anilines is 1. The molecule has 0 atom stereocenters. The summed E-state index contributed by atoms with van der Waals surface area (Å²) in [7, 11) is -3.26. The lowest BCUT2D eigenvalue weighted by Gasteiger charge is -2.32. The molecule has 0 radical (unpaired) electrons. The number of nitrogens with zero attached hydrogens (tertiary/aromatic N) is 4. The van der Waals surface area contributed by atoms with Crippen molar-refractivity contribution in [3.63, 3.8) is 0 Å². The number of rotatable bonds is 4. The van der Waals surface area contributed by atoms with E-state index in [9.17, 15) is 18.0 Å². The van der Waals surface area contributed by atoms with E-state index in [0.29, 0.717) is 24.6 Å². The van der Waals surface area contributed by atoms with E-state index < -0.39 is 10.0 Å². The molecule has 1 aromatic heterocycles. The Balaban J connectivity index is 1.83. The SMILES string of the molecule is CC(=O)Nc1cc(C(=O)N2CCN(S(C)(=O)=O)CC2)nn1-c1ccccc1. The van der Waals surface area contributed by atoms with E-state index in [4.69, 9.17) is 0 Å². The molecule has 3 rings (SSSR count). The fourth-order valence-corrected chi connectivity index (χ4v) is 3.73. The average Bonchev–Trinajstić information content (AvgIpc) is 3.04. The van der Waals surface area contributed by atoms with Crippen LogP contribution < -0.4 is 5.32 Å². The van der Waals surface area contributed by atoms with Gasteiger partial charge in [-0.05, 0) is 12.1 Å². The maximum Gasteiger partial charge on any atom is 0.274 e. The fraction of sp³-hybridized carbons (Fsp3) is 0.353. The topological polar surface area (TPSA) is 105 Å². The Morgan fingerprint density at radius 1 is 1.07 bits per heavy atom. The maximum atomic E-state index is 12.8. The highest BCUT2D eigenvalue weighted by Crippen LogP contribution is 2.19. The Labute approximate surface area is 157 Å². The van der Waals surface area contributed by atoms with Gasteiger partial charge in [-0.2, -0.15) is 9.40 Å². The second-order valence-electron chi connectivity index (χ2n) is 6.30. The van der Waals surface area contributed by atoms with E-state index in [-0.39, 0.29) is 30.6 Å². The van der Waals surface area contributed by atoms with Gasteiger partial charge in [0.05, 0.1) is 11.9 Å². The zero-order valence-corrected chi connectivity index (χ0v) is 15.9. The molecule has 0 unspecified atom stereocenters. The molecule has 2 heterocycles. The summed E-state index contributed by atoms with van der Waals surface area (Å²) < 4.78 is 26.1. The molecule has 10 heteroatoms. The Kier molecular flexibility index (Phi) is 5.29. The van der Waals surface area contributed by atoms with Crippen LogP contribution in [0.15, 0.2) is 36.4 Å². The first-order valence-corrected chi connectivity index (χ1v) is 10.3. The number of nitrogens with one attached hydrogen (secondary N) is 1. The number of hydrogen-bond donors (Lipinski definition) is 1. The van der Waals surface area contributed by atoms with E-state index in [1.807, 2.05) is 30.3 Å². The van der Waals surface area contributed by atoms with Gasteiger partial charge in [0.15, 0.2) is 5.69 Å². The highest BCUT2D eigenvalue weighted by Gasteiger charge is 2.28. The summed E-state index contributed by atoms with van der Waals surface area (Å²) in [5.41, 5.74) is 0.901. The standard InChI is InChI=1S/C17H21N5O4S/c1-13(23)18-16-12-15(19-22(16)14-6-4-3-5-7-14)17(24)20-8-10-21(11-9-20)27(2,25)26/h3-7,12H,8-11H2,1-2H3,(H,18,23). The largest absolute Gasteiger partial charge is 0.335 e. The van der Waals surface area contributed by atoms with Gasteiger partial charge in [0, 0.05) is 39.2 Å². The third-order valence-electron chi connectivity index (χ3n) is 4.23. The molecule has 1 N–H and O–H groups in total. The number of benzene rings is 1. The Morgan fingerprint density at radius 3 is 2.26 bits per heavy atom. The predicted octanol–water partition coefficient (Wildman–Crippen LogP) is 0.548. The van der Waals surface area contributed by atoms with Crippen molar-refractivity contribution in [2.45, 2.75) is 6.92 Å². The molecule has 0 spiro atoms. The van der Waals surface area contributed by atoms with Crippen LogP contribution in [0.5, 0.6) is 0 Å². The number of sulfonamides is 1. The van der Waals surface area contributed by atoms with Crippen LogP contribution in [-0.4, -0.2) is 71.7 Å². The van der Waals surface area contributed by atoms with Crippen LogP contribution in [0.25, 0.3) is 5.69 Å². The van der Waals surface area contributed by atoms with E-state index in [1.165, 1.54) is 22.0 Å². The molecule has 2 amide bonds. The van der Waals surface area contributed by atoms with Crippen molar-refractivity contribution in [1.82, 2.24) is 19.0 Å². The van der Waals surface area contributed by atoms with Crippen LogP contribution >= 0.6 is 0 Å². The van der Waals surface area contributed by atoms with Crippen LogP contribution in [0, 0.1) is 0 Å². The van der Waals surface area contributed by atoms with E-state index in [2.05, 4.69) is 10.4 Å². The minimum Gasteiger partial charge on any atom is -0.335 e. The Bertz CT molecular complexity index is 947. The lowest BCUT2D eigenvalue weighted by atomic mass is 10.3. The highest BCUT2D eigenvalue weighted by molar-refractivity contribution is 7.88. The highest BCUT2D eigenvalue weighted by atomic mass is 32.2. The molecule has 144 valence electrons. The van der Waals surface area contributed by atoms with Gasteiger partial charge in [-0.1, -0.05) is 18.2 Å². The smallest absolute Gasteiger partial charge is 0.274 e. The van der Waals surface area contributed by atoms with Crippen LogP contribution in [0.4, 0.5) is 5.82 Å². The second-order valence-corrected chi connectivity index (χ2v) is 8.28. The molecule has 1 fully saturated rings. The molecular formula is C17H21N5O4S. The number of hydrogen-bond acceptors (Lipinski definition) is 5. The number of carbonyl (C=O) groups is 2. The van der Waals surface area contributed by atoms with E-state index in [1.54, 1.807) is 4.90 Å². The number of carbonyl (C=O) groups excluding carboxylic acids is 2. The summed E-state index contributed by atoms with van der Waals surface area (Å²) >= 11 is 0. The lowest BCUT2D eigenvalue weighted by molar-refractivity contribution is -0.114. The molecule has 9 nitrogen and oxygen atoms in total. The molecule has 1 aromatic carbocycles. The first kappa shape index (κ1) is 19.1. The normalized spacial score (nSPS) is 15.6. The number of aromatic nitrogens is 2. The van der Waals surface area contributed by atoms with Crippen molar-refractivity contribution < 1.29 is 18.0 Å². The first-order chi connectivity index (χ1) is 12.8. The molecule has 0 saturated carbocycles. The maximum absolute atomic E-state index is 12.8. The number of amides is 2. The quantitative estimate of drug-likeness (QED) is 0.819. The Morgan fingerprint density at radius 2 is 1.70 bits per heavy atom. The van der Waals surface area contributed by atoms with Crippen molar-refractivity contribution in [1.29, 1.82) is 0 Å². The minimum atomic E-state index is -3.26. The van der Waals surface area contributed by atoms with Gasteiger partial charge >= 0.3 is 0 Å². The van der Waals surface area contributed by atoms with E-state index in [0.717, 1.165) is 6.26 Å².